The number of aromatic nitrogens is 2. The van der Waals surface area contributed by atoms with Crippen LogP contribution in [-0.4, -0.2) is 15.7 Å². The molecule has 1 N–H and O–H groups in total. The van der Waals surface area contributed by atoms with E-state index in [1.165, 1.54) is 11.3 Å². The van der Waals surface area contributed by atoms with Gasteiger partial charge in [0, 0.05) is 16.8 Å². The third-order valence-corrected chi connectivity index (χ3v) is 4.74. The minimum atomic E-state index is 0.673. The van der Waals surface area contributed by atoms with E-state index in [1.54, 1.807) is 6.20 Å². The maximum absolute atomic E-state index is 6.02. The Kier molecular flexibility index (Phi) is 4.41. The van der Waals surface area contributed by atoms with Crippen molar-refractivity contribution in [2.45, 2.75) is 0 Å². The molecule has 4 rings (SSSR count). The number of anilines is 1. The van der Waals surface area contributed by atoms with E-state index in [4.69, 9.17) is 11.6 Å². The summed E-state index contributed by atoms with van der Waals surface area (Å²) in [6.45, 7) is 0. The summed E-state index contributed by atoms with van der Waals surface area (Å²) in [6.07, 6.45) is 1.76. The summed E-state index contributed by atoms with van der Waals surface area (Å²) in [7, 11) is 0. The molecule has 0 saturated carbocycles. The summed E-state index contributed by atoms with van der Waals surface area (Å²) in [5, 5.41) is 5.95. The van der Waals surface area contributed by atoms with E-state index in [0.29, 0.717) is 10.2 Å². The van der Waals surface area contributed by atoms with E-state index in [1.807, 2.05) is 66.7 Å². The topological polar surface area (TPSA) is 50.2 Å². The zero-order valence-electron chi connectivity index (χ0n) is 13.1. The number of hydrogen-bond donors (Lipinski definition) is 1. The highest BCUT2D eigenvalue weighted by Gasteiger charge is 2.09. The van der Waals surface area contributed by atoms with Gasteiger partial charge in [-0.1, -0.05) is 59.3 Å². The molecule has 0 spiro atoms. The first-order valence-corrected chi connectivity index (χ1v) is 8.86. The maximum atomic E-state index is 6.02. The van der Waals surface area contributed by atoms with Crippen LogP contribution in [-0.2, 0) is 0 Å². The first-order chi connectivity index (χ1) is 12.3. The first kappa shape index (κ1) is 15.7. The van der Waals surface area contributed by atoms with Gasteiger partial charge in [0.05, 0.1) is 15.9 Å². The van der Waals surface area contributed by atoms with Gasteiger partial charge in [0.1, 0.15) is 5.71 Å². The van der Waals surface area contributed by atoms with E-state index >= 15 is 0 Å². The van der Waals surface area contributed by atoms with Crippen LogP contribution in [0.4, 0.5) is 5.13 Å². The van der Waals surface area contributed by atoms with Gasteiger partial charge in [-0.25, -0.2) is 4.98 Å². The van der Waals surface area contributed by atoms with Crippen molar-refractivity contribution in [2.75, 3.05) is 5.43 Å². The van der Waals surface area contributed by atoms with Crippen LogP contribution in [0.2, 0.25) is 5.02 Å². The number of fused-ring (bicyclic) bond motifs is 1. The standard InChI is InChI=1S/C19H13ClN4S/c20-14-9-10-17-16(12-14)22-19(25-17)24-23-18(13-6-2-1-3-7-13)15-8-4-5-11-21-15/h1-12H,(H,22,24)/b23-18+. The number of nitrogens with one attached hydrogen (secondary N) is 1. The molecule has 0 aliphatic rings. The van der Waals surface area contributed by atoms with Crippen molar-refractivity contribution >= 4 is 44.0 Å². The van der Waals surface area contributed by atoms with E-state index in [0.717, 1.165) is 27.2 Å². The van der Waals surface area contributed by atoms with E-state index in [2.05, 4.69) is 20.5 Å². The van der Waals surface area contributed by atoms with Crippen molar-refractivity contribution in [3.05, 3.63) is 89.2 Å². The molecule has 4 nitrogen and oxygen atoms in total. The maximum Gasteiger partial charge on any atom is 0.204 e. The number of rotatable bonds is 4. The van der Waals surface area contributed by atoms with Crippen molar-refractivity contribution in [3.8, 4) is 0 Å². The third kappa shape index (κ3) is 3.52. The molecule has 25 heavy (non-hydrogen) atoms. The van der Waals surface area contributed by atoms with Gasteiger partial charge in [-0.15, -0.1) is 0 Å². The summed E-state index contributed by atoms with van der Waals surface area (Å²) in [4.78, 5) is 8.95. The van der Waals surface area contributed by atoms with Gasteiger partial charge >= 0.3 is 0 Å². The second kappa shape index (κ2) is 7.01. The lowest BCUT2D eigenvalue weighted by Crippen LogP contribution is -2.08. The van der Waals surface area contributed by atoms with Gasteiger partial charge in [0.15, 0.2) is 0 Å². The van der Waals surface area contributed by atoms with Gasteiger partial charge in [-0.2, -0.15) is 5.10 Å². The number of benzene rings is 2. The highest BCUT2D eigenvalue weighted by atomic mass is 35.5. The van der Waals surface area contributed by atoms with Crippen LogP contribution in [0.15, 0.2) is 78.0 Å². The lowest BCUT2D eigenvalue weighted by Gasteiger charge is -2.06. The second-order valence-corrected chi connectivity index (χ2v) is 6.75. The van der Waals surface area contributed by atoms with Crippen molar-refractivity contribution in [1.29, 1.82) is 0 Å². The molecule has 0 atom stereocenters. The predicted octanol–water partition coefficient (Wildman–Crippen LogP) is 5.21. The molecule has 0 radical (unpaired) electrons. The summed E-state index contributed by atoms with van der Waals surface area (Å²) in [6, 6.07) is 21.4. The smallest absolute Gasteiger partial charge is 0.204 e. The molecule has 0 aliphatic carbocycles. The van der Waals surface area contributed by atoms with Crippen molar-refractivity contribution in [3.63, 3.8) is 0 Å². The molecular formula is C19H13ClN4S. The summed E-state index contributed by atoms with van der Waals surface area (Å²) < 4.78 is 1.06. The molecule has 6 heteroatoms. The largest absolute Gasteiger partial charge is 0.255 e. The quantitative estimate of drug-likeness (QED) is 0.399. The Morgan fingerprint density at radius 1 is 1.00 bits per heavy atom. The Labute approximate surface area is 153 Å². The Hall–Kier alpha value is -2.76. The predicted molar refractivity (Wildman–Crippen MR) is 105 cm³/mol. The molecule has 0 unspecified atom stereocenters. The molecule has 4 aromatic rings. The highest BCUT2D eigenvalue weighted by molar-refractivity contribution is 7.22. The molecule has 2 aromatic carbocycles. The minimum Gasteiger partial charge on any atom is -0.255 e. The van der Waals surface area contributed by atoms with Gasteiger partial charge in [0.25, 0.3) is 0 Å². The molecule has 0 aliphatic heterocycles. The number of pyridine rings is 1. The fourth-order valence-electron chi connectivity index (χ4n) is 2.42. The lowest BCUT2D eigenvalue weighted by atomic mass is 10.1. The van der Waals surface area contributed by atoms with Crippen molar-refractivity contribution in [2.24, 2.45) is 5.10 Å². The lowest BCUT2D eigenvalue weighted by molar-refractivity contribution is 1.24. The highest BCUT2D eigenvalue weighted by Crippen LogP contribution is 2.28. The van der Waals surface area contributed by atoms with Crippen LogP contribution in [0.3, 0.4) is 0 Å². The number of nitrogens with zero attached hydrogens (tertiary/aromatic N) is 3. The van der Waals surface area contributed by atoms with Crippen molar-refractivity contribution in [1.82, 2.24) is 9.97 Å². The molecule has 0 amide bonds. The zero-order chi connectivity index (χ0) is 17.1. The van der Waals surface area contributed by atoms with Gasteiger partial charge < -0.3 is 0 Å². The molecule has 0 fully saturated rings. The van der Waals surface area contributed by atoms with Gasteiger partial charge in [-0.05, 0) is 30.3 Å². The van der Waals surface area contributed by atoms with E-state index in [9.17, 15) is 0 Å². The van der Waals surface area contributed by atoms with Crippen LogP contribution >= 0.6 is 22.9 Å². The Morgan fingerprint density at radius 2 is 1.84 bits per heavy atom. The zero-order valence-corrected chi connectivity index (χ0v) is 14.6. The third-order valence-electron chi connectivity index (χ3n) is 3.57. The summed E-state index contributed by atoms with van der Waals surface area (Å²) in [5.74, 6) is 0. The van der Waals surface area contributed by atoms with E-state index in [-0.39, 0.29) is 0 Å². The molecule has 122 valence electrons. The second-order valence-electron chi connectivity index (χ2n) is 5.28. The first-order valence-electron chi connectivity index (χ1n) is 7.66. The Balaban J connectivity index is 1.71. The van der Waals surface area contributed by atoms with Crippen LogP contribution in [0.25, 0.3) is 10.2 Å². The van der Waals surface area contributed by atoms with Crippen LogP contribution in [0, 0.1) is 0 Å². The number of halogens is 1. The minimum absolute atomic E-state index is 0.673. The van der Waals surface area contributed by atoms with Crippen LogP contribution in [0.1, 0.15) is 11.3 Å². The molecule has 0 bridgehead atoms. The molecule has 0 saturated heterocycles. The number of hydrazone groups is 1. The average Bonchev–Trinajstić information content (AvgIpc) is 3.05. The number of hydrogen-bond acceptors (Lipinski definition) is 5. The van der Waals surface area contributed by atoms with Crippen LogP contribution < -0.4 is 5.43 Å². The van der Waals surface area contributed by atoms with Crippen LogP contribution in [0.5, 0.6) is 0 Å². The molecule has 2 heterocycles. The SMILES string of the molecule is Clc1ccc2sc(N/N=C(\c3ccccc3)c3ccccn3)nc2c1. The summed E-state index contributed by atoms with van der Waals surface area (Å²) in [5.41, 5.74) is 6.46. The number of thiazole rings is 1. The van der Waals surface area contributed by atoms with Crippen molar-refractivity contribution < 1.29 is 0 Å². The van der Waals surface area contributed by atoms with Gasteiger partial charge in [0.2, 0.25) is 5.13 Å². The Bertz CT molecular complexity index is 988. The fraction of sp³-hybridized carbons (Fsp3) is 0. The Morgan fingerprint density at radius 3 is 2.64 bits per heavy atom. The van der Waals surface area contributed by atoms with E-state index < -0.39 is 0 Å². The molecule has 2 aromatic heterocycles. The van der Waals surface area contributed by atoms with Gasteiger partial charge in [-0.3, -0.25) is 10.4 Å². The molecular weight excluding hydrogens is 352 g/mol. The normalized spacial score (nSPS) is 11.6. The summed E-state index contributed by atoms with van der Waals surface area (Å²) >= 11 is 7.55. The monoisotopic (exact) mass is 364 g/mol. The fourth-order valence-corrected chi connectivity index (χ4v) is 3.38. The average molecular weight is 365 g/mol.